The van der Waals surface area contributed by atoms with Gasteiger partial charge in [-0.15, -0.1) is 0 Å². The van der Waals surface area contributed by atoms with Gasteiger partial charge in [0.2, 0.25) is 15.9 Å². The number of carboxylic acid groups (broad SMARTS) is 1. The van der Waals surface area contributed by atoms with E-state index in [9.17, 15) is 18.0 Å². The number of carbonyl (C=O) groups excluding carboxylic acids is 1. The molecular weight excluding hydrogens is 360 g/mol. The number of aliphatic carboxylic acids is 1. The number of benzene rings is 1. The topological polar surface area (TPSA) is 113 Å². The Morgan fingerprint density at radius 3 is 2.46 bits per heavy atom. The van der Waals surface area contributed by atoms with Gasteiger partial charge in [-0.3, -0.25) is 9.59 Å². The van der Waals surface area contributed by atoms with Crippen molar-refractivity contribution >= 4 is 32.9 Å². The highest BCUT2D eigenvalue weighted by Gasteiger charge is 2.19. The number of imidazole rings is 1. The van der Waals surface area contributed by atoms with Crippen LogP contribution in [-0.2, 0) is 33.1 Å². The Balaban J connectivity index is 2.23. The van der Waals surface area contributed by atoms with E-state index >= 15 is 0 Å². The van der Waals surface area contributed by atoms with E-state index in [0.717, 1.165) is 14.7 Å². The van der Waals surface area contributed by atoms with Crippen molar-refractivity contribution in [1.82, 2.24) is 18.8 Å². The summed E-state index contributed by atoms with van der Waals surface area (Å²) >= 11 is 0. The average Bonchev–Trinajstić information content (AvgIpc) is 2.87. The summed E-state index contributed by atoms with van der Waals surface area (Å²) in [5, 5.41) is 8.73. The molecule has 2 aromatic rings. The molecule has 9 nitrogen and oxygen atoms in total. The van der Waals surface area contributed by atoms with Crippen LogP contribution in [0.2, 0.25) is 0 Å². The van der Waals surface area contributed by atoms with Gasteiger partial charge in [0.05, 0.1) is 15.9 Å². The largest absolute Gasteiger partial charge is 0.480 e. The van der Waals surface area contributed by atoms with Gasteiger partial charge in [0, 0.05) is 41.0 Å². The van der Waals surface area contributed by atoms with Crippen molar-refractivity contribution < 1.29 is 23.1 Å². The zero-order chi connectivity index (χ0) is 19.6. The summed E-state index contributed by atoms with van der Waals surface area (Å²) in [6.07, 6.45) is 0.438. The molecule has 1 aromatic heterocycles. The van der Waals surface area contributed by atoms with Gasteiger partial charge in [-0.05, 0) is 18.2 Å². The highest BCUT2D eigenvalue weighted by molar-refractivity contribution is 7.89. The molecule has 0 aliphatic heterocycles. The number of carboxylic acids is 1. The minimum atomic E-state index is -3.55. The smallest absolute Gasteiger partial charge is 0.323 e. The van der Waals surface area contributed by atoms with E-state index in [1.54, 1.807) is 17.7 Å². The molecule has 1 aromatic carbocycles. The Hall–Kier alpha value is -2.46. The number of hydrogen-bond acceptors (Lipinski definition) is 5. The van der Waals surface area contributed by atoms with Crippen molar-refractivity contribution in [3.63, 3.8) is 0 Å². The lowest BCUT2D eigenvalue weighted by Crippen LogP contribution is -2.32. The number of aromatic nitrogens is 2. The molecule has 0 saturated heterocycles. The Morgan fingerprint density at radius 1 is 1.23 bits per heavy atom. The summed E-state index contributed by atoms with van der Waals surface area (Å²) in [7, 11) is 2.59. The molecule has 0 atom stereocenters. The standard InChI is InChI=1S/C16H22N4O5S/c1-18(2)26(24,25)11-5-6-13-12(9-11)17-14(20(13)4)7-8-15(21)19(3)10-16(22)23/h5-6,9H,7-8,10H2,1-4H3,(H,22,23). The van der Waals surface area contributed by atoms with Crippen LogP contribution in [0.3, 0.4) is 0 Å². The second-order valence-corrected chi connectivity index (χ2v) is 8.32. The number of likely N-dealkylation sites (N-methyl/N-ethyl adjacent to an activating group) is 1. The molecule has 0 bridgehead atoms. The molecule has 0 fully saturated rings. The zero-order valence-corrected chi connectivity index (χ0v) is 15.9. The molecule has 0 aliphatic rings. The Labute approximate surface area is 151 Å². The third-order valence-electron chi connectivity index (χ3n) is 4.08. The van der Waals surface area contributed by atoms with E-state index in [4.69, 9.17) is 5.11 Å². The molecule has 142 valence electrons. The quantitative estimate of drug-likeness (QED) is 0.737. The number of fused-ring (bicyclic) bond motifs is 1. The van der Waals surface area contributed by atoms with Crippen molar-refractivity contribution in [2.45, 2.75) is 17.7 Å². The van der Waals surface area contributed by atoms with Crippen molar-refractivity contribution in [1.29, 1.82) is 0 Å². The van der Waals surface area contributed by atoms with Crippen LogP contribution in [0.5, 0.6) is 0 Å². The molecule has 2 rings (SSSR count). The molecule has 0 radical (unpaired) electrons. The predicted molar refractivity (Wildman–Crippen MR) is 95.2 cm³/mol. The Morgan fingerprint density at radius 2 is 1.88 bits per heavy atom. The molecule has 0 aliphatic carbocycles. The molecule has 1 N–H and O–H groups in total. The molecule has 0 saturated carbocycles. The van der Waals surface area contributed by atoms with E-state index in [2.05, 4.69) is 4.98 Å². The summed E-state index contributed by atoms with van der Waals surface area (Å²) in [4.78, 5) is 28.4. The van der Waals surface area contributed by atoms with E-state index in [0.29, 0.717) is 17.8 Å². The maximum atomic E-state index is 12.2. The van der Waals surface area contributed by atoms with Crippen molar-refractivity contribution in [3.8, 4) is 0 Å². The van der Waals surface area contributed by atoms with Gasteiger partial charge < -0.3 is 14.6 Å². The van der Waals surface area contributed by atoms with Crippen LogP contribution >= 0.6 is 0 Å². The summed E-state index contributed by atoms with van der Waals surface area (Å²) in [5.74, 6) is -0.745. The monoisotopic (exact) mass is 382 g/mol. The first kappa shape index (κ1) is 19.9. The van der Waals surface area contributed by atoms with Crippen LogP contribution < -0.4 is 0 Å². The lowest BCUT2D eigenvalue weighted by atomic mass is 10.2. The SMILES string of the molecule is CN(CC(=O)O)C(=O)CCc1nc2cc(S(=O)(=O)N(C)C)ccc2n1C. The van der Waals surface area contributed by atoms with Crippen LogP contribution in [0.15, 0.2) is 23.1 Å². The average molecular weight is 382 g/mol. The fraction of sp³-hybridized carbons (Fsp3) is 0.438. The Bertz CT molecular complexity index is 949. The van der Waals surface area contributed by atoms with E-state index < -0.39 is 16.0 Å². The summed E-state index contributed by atoms with van der Waals surface area (Å²) < 4.78 is 27.4. The maximum absolute atomic E-state index is 12.2. The van der Waals surface area contributed by atoms with Gasteiger partial charge >= 0.3 is 5.97 Å². The minimum absolute atomic E-state index is 0.115. The number of aryl methyl sites for hydroxylation is 2. The van der Waals surface area contributed by atoms with Gasteiger partial charge in [0.1, 0.15) is 12.4 Å². The first-order valence-corrected chi connectivity index (χ1v) is 9.31. The van der Waals surface area contributed by atoms with E-state index in [1.165, 1.54) is 33.3 Å². The summed E-state index contributed by atoms with van der Waals surface area (Å²) in [6, 6.07) is 4.71. The fourth-order valence-corrected chi connectivity index (χ4v) is 3.45. The molecule has 26 heavy (non-hydrogen) atoms. The van der Waals surface area contributed by atoms with Gasteiger partial charge in [0.25, 0.3) is 0 Å². The molecule has 1 amide bonds. The Kier molecular flexibility index (Phi) is 5.67. The van der Waals surface area contributed by atoms with Crippen LogP contribution in [0, 0.1) is 0 Å². The highest BCUT2D eigenvalue weighted by Crippen LogP contribution is 2.21. The molecule has 10 heteroatoms. The number of hydrogen-bond donors (Lipinski definition) is 1. The van der Waals surface area contributed by atoms with Crippen LogP contribution in [0.4, 0.5) is 0 Å². The number of nitrogens with zero attached hydrogens (tertiary/aromatic N) is 4. The zero-order valence-electron chi connectivity index (χ0n) is 15.1. The highest BCUT2D eigenvalue weighted by atomic mass is 32.2. The number of amides is 1. The lowest BCUT2D eigenvalue weighted by molar-refractivity contribution is -0.143. The van der Waals surface area contributed by atoms with Crippen molar-refractivity contribution in [2.75, 3.05) is 27.7 Å². The summed E-state index contributed by atoms with van der Waals surface area (Å²) in [6.45, 7) is -0.354. The molecular formula is C16H22N4O5S. The lowest BCUT2D eigenvalue weighted by Gasteiger charge is -2.14. The van der Waals surface area contributed by atoms with Crippen molar-refractivity contribution in [2.24, 2.45) is 7.05 Å². The third-order valence-corrected chi connectivity index (χ3v) is 5.90. The normalized spacial score (nSPS) is 11.9. The van der Waals surface area contributed by atoms with Crippen molar-refractivity contribution in [3.05, 3.63) is 24.0 Å². The fourth-order valence-electron chi connectivity index (χ4n) is 2.53. The van der Waals surface area contributed by atoms with Crippen LogP contribution in [-0.4, -0.2) is 71.8 Å². The first-order chi connectivity index (χ1) is 12.0. The van der Waals surface area contributed by atoms with Gasteiger partial charge in [-0.1, -0.05) is 0 Å². The third kappa shape index (κ3) is 4.02. The van der Waals surface area contributed by atoms with Gasteiger partial charge in [0.15, 0.2) is 0 Å². The second kappa shape index (κ2) is 7.42. The molecule has 0 spiro atoms. The molecule has 0 unspecified atom stereocenters. The van der Waals surface area contributed by atoms with E-state index in [-0.39, 0.29) is 23.8 Å². The van der Waals surface area contributed by atoms with E-state index in [1.807, 2.05) is 0 Å². The van der Waals surface area contributed by atoms with Gasteiger partial charge in [-0.2, -0.15) is 0 Å². The predicted octanol–water partition coefficient (Wildman–Crippen LogP) is 0.299. The number of sulfonamides is 1. The maximum Gasteiger partial charge on any atom is 0.323 e. The molecule has 1 heterocycles. The number of carbonyl (C=O) groups is 2. The van der Waals surface area contributed by atoms with Crippen LogP contribution in [0.1, 0.15) is 12.2 Å². The minimum Gasteiger partial charge on any atom is -0.480 e. The summed E-state index contributed by atoms with van der Waals surface area (Å²) in [5.41, 5.74) is 1.28. The first-order valence-electron chi connectivity index (χ1n) is 7.87. The number of rotatable bonds is 7. The van der Waals surface area contributed by atoms with Crippen LogP contribution in [0.25, 0.3) is 11.0 Å². The second-order valence-electron chi connectivity index (χ2n) is 6.17. The van der Waals surface area contributed by atoms with Gasteiger partial charge in [-0.25, -0.2) is 17.7 Å².